The second-order valence-electron chi connectivity index (χ2n) is 8.98. The number of amides is 1. The van der Waals surface area contributed by atoms with E-state index < -0.39 is 17.9 Å². The molecule has 0 bridgehead atoms. The molecule has 15 heteroatoms. The Hall–Kier alpha value is -5.18. The van der Waals surface area contributed by atoms with Gasteiger partial charge in [-0.25, -0.2) is 0 Å². The van der Waals surface area contributed by atoms with Crippen molar-refractivity contribution in [3.05, 3.63) is 54.2 Å². The average molecular weight is 567 g/mol. The Morgan fingerprint density at radius 1 is 1.17 bits per heavy atom. The van der Waals surface area contributed by atoms with Crippen LogP contribution in [0.4, 0.5) is 5.95 Å². The van der Waals surface area contributed by atoms with Crippen LogP contribution >= 0.6 is 0 Å². The number of carbonyl (C=O) groups is 2. The number of guanidine groups is 1. The summed E-state index contributed by atoms with van der Waals surface area (Å²) in [5.41, 5.74) is 17.3. The first-order chi connectivity index (χ1) is 19.6. The van der Waals surface area contributed by atoms with Gasteiger partial charge >= 0.3 is 5.97 Å². The molecular formula is C26H34N10O5. The second kappa shape index (κ2) is 14.3. The monoisotopic (exact) mass is 566 g/mol. The standard InChI is InChI=1S/C20H20N6O3.C6H14N4O2/c1-12(2)29-18-15-11-14(28-3)9-10-16(15)26(13-7-5-4-6-8-13)17(18)19(27)21-20-22-24-25-23-20;7-4(5(11)12)2-1-3-10-6(8)9/h4-12H,1-3H3,(H2,21,22,23,24,25,27);4H,1-3,7H2,(H,11,12)(H4,8,9,10)/t;4-/m.0/s1. The highest BCUT2D eigenvalue weighted by Gasteiger charge is 2.27. The highest BCUT2D eigenvalue weighted by atomic mass is 16.5. The number of nitrogens with two attached hydrogens (primary N) is 3. The molecule has 218 valence electrons. The fourth-order valence-corrected chi connectivity index (χ4v) is 3.79. The van der Waals surface area contributed by atoms with Crippen LogP contribution in [0.15, 0.2) is 53.5 Å². The van der Waals surface area contributed by atoms with Crippen LogP contribution in [-0.4, -0.2) is 73.9 Å². The quantitative estimate of drug-likeness (QED) is 0.0867. The summed E-state index contributed by atoms with van der Waals surface area (Å²) < 4.78 is 13.3. The van der Waals surface area contributed by atoms with Gasteiger partial charge in [0.15, 0.2) is 17.4 Å². The van der Waals surface area contributed by atoms with Gasteiger partial charge in [0.1, 0.15) is 11.8 Å². The Morgan fingerprint density at radius 2 is 1.90 bits per heavy atom. The predicted octanol–water partition coefficient (Wildman–Crippen LogP) is 1.64. The average Bonchev–Trinajstić information content (AvgIpc) is 3.57. The fourth-order valence-electron chi connectivity index (χ4n) is 3.79. The van der Waals surface area contributed by atoms with E-state index in [9.17, 15) is 9.59 Å². The highest BCUT2D eigenvalue weighted by Crippen LogP contribution is 2.38. The largest absolute Gasteiger partial charge is 0.497 e. The number of ether oxygens (including phenoxy) is 2. The minimum atomic E-state index is -1.00. The molecule has 2 aromatic carbocycles. The number of hydrogen-bond donors (Lipinski definition) is 6. The van der Waals surface area contributed by atoms with Crippen LogP contribution in [0.1, 0.15) is 37.2 Å². The normalized spacial score (nSPS) is 11.3. The molecule has 0 unspecified atom stereocenters. The Kier molecular flexibility index (Phi) is 10.6. The molecular weight excluding hydrogens is 532 g/mol. The molecule has 0 aliphatic heterocycles. The van der Waals surface area contributed by atoms with E-state index in [0.29, 0.717) is 36.6 Å². The number of methoxy groups -OCH3 is 1. The Bertz CT molecular complexity index is 1470. The van der Waals surface area contributed by atoms with Gasteiger partial charge in [0, 0.05) is 17.6 Å². The first kappa shape index (κ1) is 30.4. The van der Waals surface area contributed by atoms with E-state index in [2.05, 4.69) is 30.9 Å². The molecule has 9 N–H and O–H groups in total. The molecule has 0 spiro atoms. The minimum Gasteiger partial charge on any atom is -0.497 e. The number of hydrogen-bond acceptors (Lipinski definition) is 9. The molecule has 0 aliphatic rings. The van der Waals surface area contributed by atoms with E-state index in [4.69, 9.17) is 31.8 Å². The fraction of sp³-hybridized carbons (Fsp3) is 0.308. The first-order valence-electron chi connectivity index (χ1n) is 12.7. The molecule has 41 heavy (non-hydrogen) atoms. The van der Waals surface area contributed by atoms with Crippen molar-refractivity contribution in [3.63, 3.8) is 0 Å². The number of carboxylic acids is 1. The summed E-state index contributed by atoms with van der Waals surface area (Å²) in [4.78, 5) is 27.2. The van der Waals surface area contributed by atoms with Gasteiger partial charge in [-0.15, -0.1) is 5.10 Å². The van der Waals surface area contributed by atoms with Crippen LogP contribution in [-0.2, 0) is 4.79 Å². The maximum atomic E-state index is 13.3. The van der Waals surface area contributed by atoms with Crippen molar-refractivity contribution in [2.45, 2.75) is 38.8 Å². The van der Waals surface area contributed by atoms with Crippen molar-refractivity contribution in [2.24, 2.45) is 22.2 Å². The number of fused-ring (bicyclic) bond motifs is 1. The number of carboxylic acid groups (broad SMARTS) is 1. The second-order valence-corrected chi connectivity index (χ2v) is 8.98. The van der Waals surface area contributed by atoms with Crippen LogP contribution < -0.4 is 32.0 Å². The molecule has 2 aromatic heterocycles. The summed E-state index contributed by atoms with van der Waals surface area (Å²) in [5, 5.41) is 25.2. The molecule has 4 aromatic rings. The Labute approximate surface area is 235 Å². The Morgan fingerprint density at radius 3 is 2.49 bits per heavy atom. The summed E-state index contributed by atoms with van der Waals surface area (Å²) in [6, 6.07) is 14.4. The van der Waals surface area contributed by atoms with Gasteiger partial charge in [0.2, 0.25) is 0 Å². The summed E-state index contributed by atoms with van der Waals surface area (Å²) >= 11 is 0. The number of aliphatic carboxylic acids is 1. The van der Waals surface area contributed by atoms with Gasteiger partial charge in [-0.2, -0.15) is 5.21 Å². The number of H-pyrrole nitrogens is 1. The van der Waals surface area contributed by atoms with Gasteiger partial charge in [-0.1, -0.05) is 23.3 Å². The third kappa shape index (κ3) is 8.15. The lowest BCUT2D eigenvalue weighted by atomic mass is 10.2. The topological polar surface area (TPSA) is 235 Å². The van der Waals surface area contributed by atoms with Crippen LogP contribution in [0.2, 0.25) is 0 Å². The van der Waals surface area contributed by atoms with Crippen molar-refractivity contribution < 1.29 is 24.2 Å². The lowest BCUT2D eigenvalue weighted by molar-refractivity contribution is -0.138. The van der Waals surface area contributed by atoms with Crippen molar-refractivity contribution in [3.8, 4) is 17.2 Å². The molecule has 1 amide bonds. The first-order valence-corrected chi connectivity index (χ1v) is 12.7. The van der Waals surface area contributed by atoms with Gasteiger partial charge in [0.25, 0.3) is 11.9 Å². The van der Waals surface area contributed by atoms with E-state index in [1.807, 2.05) is 66.9 Å². The summed E-state index contributed by atoms with van der Waals surface area (Å²) in [7, 11) is 1.60. The van der Waals surface area contributed by atoms with Crippen LogP contribution in [0.5, 0.6) is 11.5 Å². The molecule has 4 rings (SSSR count). The zero-order chi connectivity index (χ0) is 29.9. The lowest BCUT2D eigenvalue weighted by Crippen LogP contribution is -2.30. The maximum Gasteiger partial charge on any atom is 0.320 e. The Balaban J connectivity index is 0.000000327. The number of anilines is 1. The third-order valence-corrected chi connectivity index (χ3v) is 5.57. The number of rotatable bonds is 11. The van der Waals surface area contributed by atoms with E-state index in [0.717, 1.165) is 16.6 Å². The number of aliphatic imine (C=N–C) groups is 1. The van der Waals surface area contributed by atoms with E-state index >= 15 is 0 Å². The van der Waals surface area contributed by atoms with Crippen LogP contribution in [0.25, 0.3) is 16.6 Å². The van der Waals surface area contributed by atoms with Crippen LogP contribution in [0.3, 0.4) is 0 Å². The zero-order valence-electron chi connectivity index (χ0n) is 22.9. The number of aromatic amines is 1. The number of carbonyl (C=O) groups excluding carboxylic acids is 1. The van der Waals surface area contributed by atoms with Gasteiger partial charge < -0.3 is 36.3 Å². The number of aromatic nitrogens is 5. The summed E-state index contributed by atoms with van der Waals surface area (Å²) in [6.07, 6.45) is 0.810. The van der Waals surface area contributed by atoms with Crippen LogP contribution in [0, 0.1) is 0 Å². The molecule has 0 radical (unpaired) electrons. The molecule has 0 fully saturated rings. The molecule has 0 saturated heterocycles. The van der Waals surface area contributed by atoms with E-state index in [-0.39, 0.29) is 18.0 Å². The number of benzene rings is 2. The molecule has 0 aliphatic carbocycles. The molecule has 1 atom stereocenters. The van der Waals surface area contributed by atoms with Gasteiger partial charge in [-0.3, -0.25) is 19.9 Å². The lowest BCUT2D eigenvalue weighted by Gasteiger charge is -2.13. The molecule has 0 saturated carbocycles. The SMILES string of the molecule is COc1ccc2c(c1)c(OC(C)C)c(C(=O)Nc1nn[nH]n1)n2-c1ccccc1.NC(N)=NCCC[C@H](N)C(=O)O. The van der Waals surface area contributed by atoms with E-state index in [1.165, 1.54) is 0 Å². The maximum absolute atomic E-state index is 13.3. The molecule has 2 heterocycles. The smallest absolute Gasteiger partial charge is 0.320 e. The minimum absolute atomic E-state index is 0.0129. The highest BCUT2D eigenvalue weighted by molar-refractivity contribution is 6.10. The third-order valence-electron chi connectivity index (χ3n) is 5.57. The van der Waals surface area contributed by atoms with E-state index in [1.54, 1.807) is 7.11 Å². The van der Waals surface area contributed by atoms with Gasteiger partial charge in [0.05, 0.1) is 18.7 Å². The van der Waals surface area contributed by atoms with Gasteiger partial charge in [-0.05, 0) is 62.2 Å². The number of para-hydroxylation sites is 1. The number of nitrogens with zero attached hydrogens (tertiary/aromatic N) is 5. The van der Waals surface area contributed by atoms with Crippen molar-refractivity contribution >= 4 is 34.7 Å². The van der Waals surface area contributed by atoms with Crippen molar-refractivity contribution in [1.82, 2.24) is 25.2 Å². The summed E-state index contributed by atoms with van der Waals surface area (Å²) in [5.74, 6) is -0.201. The van der Waals surface area contributed by atoms with Crippen molar-refractivity contribution in [2.75, 3.05) is 19.0 Å². The zero-order valence-corrected chi connectivity index (χ0v) is 22.9. The predicted molar refractivity (Wildman–Crippen MR) is 153 cm³/mol. The number of tetrazole rings is 1. The number of nitrogens with one attached hydrogen (secondary N) is 2. The van der Waals surface area contributed by atoms with Crippen molar-refractivity contribution in [1.29, 1.82) is 0 Å². The molecule has 15 nitrogen and oxygen atoms in total. The summed E-state index contributed by atoms with van der Waals surface area (Å²) in [6.45, 7) is 4.24.